The van der Waals surface area contributed by atoms with E-state index in [9.17, 15) is 5.11 Å². The summed E-state index contributed by atoms with van der Waals surface area (Å²) >= 11 is 0. The second-order valence-corrected chi connectivity index (χ2v) is 5.44. The molecule has 2 aliphatic carbocycles. The quantitative estimate of drug-likeness (QED) is 0.695. The lowest BCUT2D eigenvalue weighted by Crippen LogP contribution is -2.46. The van der Waals surface area contributed by atoms with Gasteiger partial charge in [0.15, 0.2) is 0 Å². The van der Waals surface area contributed by atoms with Gasteiger partial charge < -0.3 is 15.2 Å². The van der Waals surface area contributed by atoms with Crippen molar-refractivity contribution in [3.63, 3.8) is 0 Å². The molecule has 94 valence electrons. The third-order valence-electron chi connectivity index (χ3n) is 3.99. The smallest absolute Gasteiger partial charge is 0.0614 e. The molecule has 0 spiro atoms. The van der Waals surface area contributed by atoms with Crippen molar-refractivity contribution >= 4 is 0 Å². The molecule has 3 nitrogen and oxygen atoms in total. The summed E-state index contributed by atoms with van der Waals surface area (Å²) in [5.41, 5.74) is -0.0566. The predicted octanol–water partition coefficient (Wildman–Crippen LogP) is 1.70. The molecule has 0 aliphatic heterocycles. The van der Waals surface area contributed by atoms with Gasteiger partial charge in [-0.1, -0.05) is 19.8 Å². The largest absolute Gasteiger partial charge is 0.394 e. The van der Waals surface area contributed by atoms with Crippen LogP contribution in [0.4, 0.5) is 0 Å². The molecule has 2 unspecified atom stereocenters. The Kier molecular flexibility index (Phi) is 4.22. The number of hydrogen-bond donors (Lipinski definition) is 2. The van der Waals surface area contributed by atoms with E-state index in [1.165, 1.54) is 19.3 Å². The third-order valence-corrected chi connectivity index (χ3v) is 3.99. The van der Waals surface area contributed by atoms with Crippen LogP contribution in [0.2, 0.25) is 0 Å². The highest BCUT2D eigenvalue weighted by molar-refractivity contribution is 4.96. The molecule has 0 radical (unpaired) electrons. The van der Waals surface area contributed by atoms with Gasteiger partial charge in [0.25, 0.3) is 0 Å². The maximum Gasteiger partial charge on any atom is 0.0614 e. The van der Waals surface area contributed by atoms with E-state index in [1.807, 2.05) is 0 Å². The first-order valence-electron chi connectivity index (χ1n) is 6.75. The van der Waals surface area contributed by atoms with Crippen LogP contribution < -0.4 is 5.32 Å². The van der Waals surface area contributed by atoms with Crippen LogP contribution in [0.15, 0.2) is 0 Å². The lowest BCUT2D eigenvalue weighted by atomic mass is 9.99. The molecule has 0 heterocycles. The first-order valence-corrected chi connectivity index (χ1v) is 6.75. The predicted molar refractivity (Wildman–Crippen MR) is 64.4 cm³/mol. The number of aliphatic hydroxyl groups is 1. The van der Waals surface area contributed by atoms with E-state index in [0.29, 0.717) is 6.10 Å². The van der Waals surface area contributed by atoms with Crippen molar-refractivity contribution in [1.82, 2.24) is 5.32 Å². The molecule has 2 atom stereocenters. The number of likely N-dealkylation sites (N-methyl/N-ethyl adjacent to an activating group) is 1. The molecule has 2 rings (SSSR count). The van der Waals surface area contributed by atoms with E-state index in [2.05, 4.69) is 12.2 Å². The van der Waals surface area contributed by atoms with Gasteiger partial charge >= 0.3 is 0 Å². The van der Waals surface area contributed by atoms with Crippen LogP contribution >= 0.6 is 0 Å². The van der Waals surface area contributed by atoms with Gasteiger partial charge in [0, 0.05) is 12.1 Å². The highest BCUT2D eigenvalue weighted by Crippen LogP contribution is 2.34. The number of ether oxygens (including phenoxy) is 1. The first-order chi connectivity index (χ1) is 7.78. The van der Waals surface area contributed by atoms with Crippen molar-refractivity contribution in [3.05, 3.63) is 0 Å². The van der Waals surface area contributed by atoms with Gasteiger partial charge in [-0.2, -0.15) is 0 Å². The molecule has 3 heteroatoms. The van der Waals surface area contributed by atoms with Gasteiger partial charge in [0.1, 0.15) is 0 Å². The van der Waals surface area contributed by atoms with Crippen LogP contribution in [-0.4, -0.2) is 36.5 Å². The number of rotatable bonds is 7. The summed E-state index contributed by atoms with van der Waals surface area (Å²) in [4.78, 5) is 0. The van der Waals surface area contributed by atoms with Crippen molar-refractivity contribution in [2.24, 2.45) is 5.92 Å². The molecular formula is C13H25NO2. The minimum atomic E-state index is -0.0566. The highest BCUT2D eigenvalue weighted by Gasteiger charge is 2.38. The Morgan fingerprint density at radius 3 is 2.81 bits per heavy atom. The minimum Gasteiger partial charge on any atom is -0.394 e. The SMILES string of the molecule is CCNC1(CO)CCC(OCCC2CC2)C1. The van der Waals surface area contributed by atoms with Crippen molar-refractivity contribution in [1.29, 1.82) is 0 Å². The van der Waals surface area contributed by atoms with Crippen molar-refractivity contribution in [3.8, 4) is 0 Å². The standard InChI is InChI=1S/C13H25NO2/c1-2-14-13(10-15)7-5-12(9-13)16-8-6-11-3-4-11/h11-12,14-15H,2-10H2,1H3. The van der Waals surface area contributed by atoms with E-state index >= 15 is 0 Å². The Hall–Kier alpha value is -0.120. The Morgan fingerprint density at radius 2 is 2.19 bits per heavy atom. The molecule has 2 aliphatic rings. The fourth-order valence-corrected chi connectivity index (χ4v) is 2.76. The molecule has 2 N–H and O–H groups in total. The van der Waals surface area contributed by atoms with Gasteiger partial charge in [-0.05, 0) is 38.1 Å². The van der Waals surface area contributed by atoms with E-state index in [1.54, 1.807) is 0 Å². The average Bonchev–Trinajstić information content (AvgIpc) is 3.02. The zero-order valence-electron chi connectivity index (χ0n) is 10.4. The molecule has 0 bridgehead atoms. The lowest BCUT2D eigenvalue weighted by molar-refractivity contribution is 0.0435. The van der Waals surface area contributed by atoms with Crippen LogP contribution in [0, 0.1) is 5.92 Å². The second-order valence-electron chi connectivity index (χ2n) is 5.44. The van der Waals surface area contributed by atoms with Crippen LogP contribution in [0.3, 0.4) is 0 Å². The van der Waals surface area contributed by atoms with Crippen molar-refractivity contribution < 1.29 is 9.84 Å². The normalized spacial score (nSPS) is 34.5. The summed E-state index contributed by atoms with van der Waals surface area (Å²) in [6.45, 7) is 4.18. The average molecular weight is 227 g/mol. The maximum absolute atomic E-state index is 9.47. The summed E-state index contributed by atoms with van der Waals surface area (Å²) in [5.74, 6) is 0.956. The molecule has 2 fully saturated rings. The van der Waals surface area contributed by atoms with E-state index < -0.39 is 0 Å². The molecule has 0 amide bonds. The molecule has 0 saturated heterocycles. The maximum atomic E-state index is 9.47. The van der Waals surface area contributed by atoms with Gasteiger partial charge in [-0.3, -0.25) is 0 Å². The van der Waals surface area contributed by atoms with Gasteiger partial charge in [-0.15, -0.1) is 0 Å². The zero-order valence-corrected chi connectivity index (χ0v) is 10.4. The van der Waals surface area contributed by atoms with Gasteiger partial charge in [0.2, 0.25) is 0 Å². The fraction of sp³-hybridized carbons (Fsp3) is 1.00. The third kappa shape index (κ3) is 3.19. The number of hydrogen-bond acceptors (Lipinski definition) is 3. The highest BCUT2D eigenvalue weighted by atomic mass is 16.5. The summed E-state index contributed by atoms with van der Waals surface area (Å²) < 4.78 is 5.91. The summed E-state index contributed by atoms with van der Waals surface area (Å²) in [5, 5.41) is 12.9. The fourth-order valence-electron chi connectivity index (χ4n) is 2.76. The Morgan fingerprint density at radius 1 is 1.38 bits per heavy atom. The van der Waals surface area contributed by atoms with E-state index in [-0.39, 0.29) is 12.1 Å². The topological polar surface area (TPSA) is 41.5 Å². The summed E-state index contributed by atoms with van der Waals surface area (Å²) in [6, 6.07) is 0. The minimum absolute atomic E-state index is 0.0566. The van der Waals surface area contributed by atoms with Gasteiger partial charge in [-0.25, -0.2) is 0 Å². The molecule has 0 aromatic rings. The monoisotopic (exact) mass is 227 g/mol. The number of aliphatic hydroxyl groups excluding tert-OH is 1. The summed E-state index contributed by atoms with van der Waals surface area (Å²) in [7, 11) is 0. The van der Waals surface area contributed by atoms with Crippen LogP contribution in [-0.2, 0) is 4.74 Å². The number of nitrogens with one attached hydrogen (secondary N) is 1. The van der Waals surface area contributed by atoms with Crippen LogP contribution in [0.25, 0.3) is 0 Å². The molecule has 0 aromatic heterocycles. The zero-order chi connectivity index (χ0) is 11.4. The Balaban J connectivity index is 1.68. The Bertz CT molecular complexity index is 218. The lowest BCUT2D eigenvalue weighted by Gasteiger charge is -2.27. The molecule has 16 heavy (non-hydrogen) atoms. The Labute approximate surface area is 98.6 Å². The van der Waals surface area contributed by atoms with Crippen LogP contribution in [0.5, 0.6) is 0 Å². The van der Waals surface area contributed by atoms with E-state index in [4.69, 9.17) is 4.74 Å². The second kappa shape index (κ2) is 5.48. The van der Waals surface area contributed by atoms with Crippen molar-refractivity contribution in [2.75, 3.05) is 19.8 Å². The summed E-state index contributed by atoms with van der Waals surface area (Å²) in [6.07, 6.45) is 7.54. The molecule has 0 aromatic carbocycles. The van der Waals surface area contributed by atoms with Crippen molar-refractivity contribution in [2.45, 2.75) is 57.1 Å². The molecule has 2 saturated carbocycles. The molecular weight excluding hydrogens is 202 g/mol. The van der Waals surface area contributed by atoms with E-state index in [0.717, 1.165) is 38.3 Å². The first kappa shape index (κ1) is 12.3. The van der Waals surface area contributed by atoms with Crippen LogP contribution in [0.1, 0.15) is 45.4 Å². The van der Waals surface area contributed by atoms with Gasteiger partial charge in [0.05, 0.1) is 12.7 Å².